The average Bonchev–Trinajstić information content (AvgIpc) is 1.98. The number of rotatable bonds is 5. The summed E-state index contributed by atoms with van der Waals surface area (Å²) in [6.07, 6.45) is 0.692. The fourth-order valence-corrected chi connectivity index (χ4v) is 1.71. The van der Waals surface area contributed by atoms with Gasteiger partial charge in [-0.15, -0.1) is 0 Å². The van der Waals surface area contributed by atoms with Crippen LogP contribution in [0.4, 0.5) is 0 Å². The van der Waals surface area contributed by atoms with Crippen molar-refractivity contribution in [3.05, 3.63) is 0 Å². The van der Waals surface area contributed by atoms with E-state index < -0.39 is 6.04 Å². The van der Waals surface area contributed by atoms with E-state index in [0.29, 0.717) is 15.0 Å². The zero-order valence-corrected chi connectivity index (χ0v) is 9.58. The zero-order chi connectivity index (χ0) is 9.56. The number of carbonyl (C=O) groups excluding carboxylic acids is 1. The molecule has 0 aliphatic carbocycles. The number of esters is 1. The zero-order valence-electron chi connectivity index (χ0n) is 7.87. The Balaban J connectivity index is 3.61. The number of nitrogens with two attached hydrogens (primary N) is 1. The molecule has 0 aliphatic rings. The molecule has 12 heavy (non-hydrogen) atoms. The van der Waals surface area contributed by atoms with Crippen LogP contribution >= 0.6 is 0 Å². The first-order valence-electron chi connectivity index (χ1n) is 4.03. The molecule has 4 heteroatoms. The van der Waals surface area contributed by atoms with Crippen LogP contribution in [-0.2, 0) is 9.53 Å². The summed E-state index contributed by atoms with van der Waals surface area (Å²) in [5.41, 5.74) is 5.59. The molecule has 0 radical (unpaired) electrons. The van der Waals surface area contributed by atoms with Gasteiger partial charge in [-0.2, -0.15) is 0 Å². The molecule has 0 aromatic heterocycles. The second-order valence-corrected chi connectivity index (χ2v) is 4.94. The molecule has 0 bridgehead atoms. The fourth-order valence-electron chi connectivity index (χ4n) is 0.682. The monoisotopic (exact) mass is 239 g/mol. The summed E-state index contributed by atoms with van der Waals surface area (Å²) >= 11 is 0.593. The third-order valence-electron chi connectivity index (χ3n) is 1.29. The Labute approximate surface area is 80.2 Å². The molecule has 0 rings (SSSR count). The van der Waals surface area contributed by atoms with Crippen LogP contribution < -0.4 is 5.73 Å². The van der Waals surface area contributed by atoms with Crippen LogP contribution in [0.25, 0.3) is 0 Å². The van der Waals surface area contributed by atoms with Crippen molar-refractivity contribution in [3.8, 4) is 0 Å². The van der Waals surface area contributed by atoms with E-state index in [-0.39, 0.29) is 12.1 Å². The molecule has 0 spiro atoms. The summed E-state index contributed by atoms with van der Waals surface area (Å²) in [7, 11) is 0. The van der Waals surface area contributed by atoms with Crippen molar-refractivity contribution >= 4 is 20.9 Å². The van der Waals surface area contributed by atoms with Crippen molar-refractivity contribution < 1.29 is 9.53 Å². The number of carbonyl (C=O) groups is 1. The first-order chi connectivity index (χ1) is 5.57. The Kier molecular flexibility index (Phi) is 6.44. The van der Waals surface area contributed by atoms with Crippen molar-refractivity contribution in [2.24, 2.45) is 5.73 Å². The molecule has 1 atom stereocenters. The topological polar surface area (TPSA) is 52.3 Å². The van der Waals surface area contributed by atoms with E-state index in [0.717, 1.165) is 11.7 Å². The molecule has 0 saturated heterocycles. The minimum absolute atomic E-state index is 0.0595. The van der Waals surface area contributed by atoms with Crippen molar-refractivity contribution in [2.45, 2.75) is 43.6 Å². The summed E-state index contributed by atoms with van der Waals surface area (Å²) in [4.78, 5) is 11.1. The van der Waals surface area contributed by atoms with Gasteiger partial charge in [-0.1, -0.05) is 0 Å². The van der Waals surface area contributed by atoms with Gasteiger partial charge in [0.05, 0.1) is 0 Å². The minimum atomic E-state index is -0.422. The summed E-state index contributed by atoms with van der Waals surface area (Å²) in [5, 5.41) is 1.04. The quantitative estimate of drug-likeness (QED) is 0.570. The molecular formula is C8H17NO2Se. The van der Waals surface area contributed by atoms with Crippen LogP contribution in [-0.4, -0.2) is 33.1 Å². The Morgan fingerprint density at radius 2 is 2.17 bits per heavy atom. The van der Waals surface area contributed by atoms with Gasteiger partial charge < -0.3 is 0 Å². The van der Waals surface area contributed by atoms with Crippen LogP contribution in [0.5, 0.6) is 0 Å². The van der Waals surface area contributed by atoms with Gasteiger partial charge in [-0.25, -0.2) is 0 Å². The number of ether oxygens (including phenoxy) is 1. The molecule has 0 saturated carbocycles. The molecule has 0 aromatic rings. The molecule has 2 N–H and O–H groups in total. The van der Waals surface area contributed by atoms with E-state index in [1.807, 2.05) is 13.8 Å². The third kappa shape index (κ3) is 5.58. The van der Waals surface area contributed by atoms with E-state index >= 15 is 0 Å². The Morgan fingerprint density at radius 3 is 2.58 bits per heavy atom. The fraction of sp³-hybridized carbons (Fsp3) is 0.875. The average molecular weight is 238 g/mol. The molecule has 0 heterocycles. The van der Waals surface area contributed by atoms with Gasteiger partial charge in [-0.05, 0) is 0 Å². The Hall–Kier alpha value is -0.0505. The summed E-state index contributed by atoms with van der Waals surface area (Å²) < 4.78 is 4.95. The molecule has 0 amide bonds. The Bertz CT molecular complexity index is 139. The number of hydrogen-bond donors (Lipinski definition) is 1. The maximum absolute atomic E-state index is 11.1. The molecular weight excluding hydrogens is 221 g/mol. The van der Waals surface area contributed by atoms with Gasteiger partial charge in [-0.3, -0.25) is 0 Å². The van der Waals surface area contributed by atoms with E-state index in [1.165, 1.54) is 0 Å². The van der Waals surface area contributed by atoms with Crippen LogP contribution in [0.1, 0.15) is 20.3 Å². The van der Waals surface area contributed by atoms with Gasteiger partial charge in [0, 0.05) is 0 Å². The SMILES string of the molecule is C[Se]CC[C@H](N)C(=O)OC(C)C. The van der Waals surface area contributed by atoms with Gasteiger partial charge in [0.2, 0.25) is 0 Å². The Morgan fingerprint density at radius 1 is 1.58 bits per heavy atom. The molecule has 0 aliphatic heterocycles. The van der Waals surface area contributed by atoms with Crippen LogP contribution in [0.3, 0.4) is 0 Å². The molecule has 0 aromatic carbocycles. The van der Waals surface area contributed by atoms with Crippen molar-refractivity contribution in [3.63, 3.8) is 0 Å². The third-order valence-corrected chi connectivity index (χ3v) is 2.64. The first-order valence-corrected chi connectivity index (χ1v) is 6.95. The van der Waals surface area contributed by atoms with Gasteiger partial charge in [0.15, 0.2) is 0 Å². The van der Waals surface area contributed by atoms with Crippen LogP contribution in [0.2, 0.25) is 11.1 Å². The van der Waals surface area contributed by atoms with Crippen molar-refractivity contribution in [1.82, 2.24) is 0 Å². The van der Waals surface area contributed by atoms with E-state index in [1.54, 1.807) is 0 Å². The van der Waals surface area contributed by atoms with Crippen LogP contribution in [0.15, 0.2) is 0 Å². The van der Waals surface area contributed by atoms with Crippen molar-refractivity contribution in [2.75, 3.05) is 0 Å². The van der Waals surface area contributed by atoms with Crippen LogP contribution in [0, 0.1) is 0 Å². The van der Waals surface area contributed by atoms with Gasteiger partial charge >= 0.3 is 79.7 Å². The summed E-state index contributed by atoms with van der Waals surface area (Å²) in [5.74, 6) is 1.86. The molecule has 0 fully saturated rings. The first kappa shape index (κ1) is 11.9. The molecule has 0 unspecified atom stereocenters. The van der Waals surface area contributed by atoms with E-state index in [4.69, 9.17) is 10.5 Å². The van der Waals surface area contributed by atoms with Gasteiger partial charge in [0.25, 0.3) is 0 Å². The van der Waals surface area contributed by atoms with E-state index in [2.05, 4.69) is 5.82 Å². The second-order valence-electron chi connectivity index (χ2n) is 2.87. The predicted molar refractivity (Wildman–Crippen MR) is 50.2 cm³/mol. The summed E-state index contributed by atoms with van der Waals surface area (Å²) in [6, 6.07) is -0.422. The van der Waals surface area contributed by atoms with E-state index in [9.17, 15) is 4.79 Å². The molecule has 3 nitrogen and oxygen atoms in total. The normalized spacial score (nSPS) is 13.1. The standard InChI is InChI=1S/C8H17NO2Se/c1-6(2)11-8(10)7(9)4-5-12-3/h6-7H,4-5,9H2,1-3H3/t7-/m0/s1. The summed E-state index contributed by atoms with van der Waals surface area (Å²) in [6.45, 7) is 3.66. The van der Waals surface area contributed by atoms with Crippen molar-refractivity contribution in [1.29, 1.82) is 0 Å². The number of hydrogen-bond acceptors (Lipinski definition) is 3. The maximum atomic E-state index is 11.1. The van der Waals surface area contributed by atoms with Gasteiger partial charge in [0.1, 0.15) is 0 Å². The second kappa shape index (κ2) is 6.46. The molecule has 72 valence electrons. The predicted octanol–water partition coefficient (Wildman–Crippen LogP) is 0.826.